The number of hydrogen-bond donors (Lipinski definition) is 1. The van der Waals surface area contributed by atoms with E-state index < -0.39 is 0 Å². The SMILES string of the molecule is Cc1csc2ncnc(N/N=C/c3ccccc3Cl)c12. The van der Waals surface area contributed by atoms with Crippen LogP contribution < -0.4 is 5.43 Å². The lowest BCUT2D eigenvalue weighted by atomic mass is 10.2. The fourth-order valence-electron chi connectivity index (χ4n) is 1.84. The second-order valence-electron chi connectivity index (χ2n) is 4.21. The van der Waals surface area contributed by atoms with Gasteiger partial charge in [0.2, 0.25) is 0 Å². The Balaban J connectivity index is 1.87. The minimum atomic E-state index is 0.664. The number of thiophene rings is 1. The highest BCUT2D eigenvalue weighted by molar-refractivity contribution is 7.17. The summed E-state index contributed by atoms with van der Waals surface area (Å²) in [7, 11) is 0. The first-order chi connectivity index (χ1) is 9.75. The largest absolute Gasteiger partial charge is 0.261 e. The van der Waals surface area contributed by atoms with Gasteiger partial charge in [-0.2, -0.15) is 5.10 Å². The number of anilines is 1. The first-order valence-corrected chi connectivity index (χ1v) is 7.24. The number of hydrogen-bond acceptors (Lipinski definition) is 5. The fourth-order valence-corrected chi connectivity index (χ4v) is 2.92. The van der Waals surface area contributed by atoms with E-state index >= 15 is 0 Å². The lowest BCUT2D eigenvalue weighted by molar-refractivity contribution is 1.19. The van der Waals surface area contributed by atoms with Crippen LogP contribution in [0.1, 0.15) is 11.1 Å². The highest BCUT2D eigenvalue weighted by Crippen LogP contribution is 2.28. The van der Waals surface area contributed by atoms with Gasteiger partial charge in [-0.05, 0) is 23.9 Å². The molecule has 0 saturated heterocycles. The molecule has 1 aromatic carbocycles. The highest BCUT2D eigenvalue weighted by atomic mass is 35.5. The van der Waals surface area contributed by atoms with E-state index in [0.717, 1.165) is 21.3 Å². The van der Waals surface area contributed by atoms with Crippen LogP contribution in [0.3, 0.4) is 0 Å². The Labute approximate surface area is 125 Å². The van der Waals surface area contributed by atoms with Crippen molar-refractivity contribution in [2.75, 3.05) is 5.43 Å². The van der Waals surface area contributed by atoms with Crippen LogP contribution in [0.15, 0.2) is 41.1 Å². The van der Waals surface area contributed by atoms with Gasteiger partial charge in [0.25, 0.3) is 0 Å². The quantitative estimate of drug-likeness (QED) is 0.585. The molecule has 0 amide bonds. The van der Waals surface area contributed by atoms with Crippen LogP contribution in [-0.4, -0.2) is 16.2 Å². The molecule has 0 saturated carbocycles. The van der Waals surface area contributed by atoms with E-state index in [1.807, 2.05) is 31.2 Å². The van der Waals surface area contributed by atoms with Gasteiger partial charge in [0, 0.05) is 10.6 Å². The summed E-state index contributed by atoms with van der Waals surface area (Å²) in [5.74, 6) is 0.706. The molecule has 3 rings (SSSR count). The minimum absolute atomic E-state index is 0.664. The maximum atomic E-state index is 6.07. The molecular weight excluding hydrogens is 292 g/mol. The van der Waals surface area contributed by atoms with Crippen molar-refractivity contribution in [2.24, 2.45) is 5.10 Å². The monoisotopic (exact) mass is 302 g/mol. The molecule has 6 heteroatoms. The number of fused-ring (bicyclic) bond motifs is 1. The number of halogens is 1. The van der Waals surface area contributed by atoms with Gasteiger partial charge in [-0.15, -0.1) is 11.3 Å². The van der Waals surface area contributed by atoms with Gasteiger partial charge < -0.3 is 0 Å². The average molecular weight is 303 g/mol. The number of nitrogens with zero attached hydrogens (tertiary/aromatic N) is 3. The van der Waals surface area contributed by atoms with Crippen LogP contribution >= 0.6 is 22.9 Å². The molecule has 0 bridgehead atoms. The summed E-state index contributed by atoms with van der Waals surface area (Å²) in [5.41, 5.74) is 4.95. The van der Waals surface area contributed by atoms with Crippen LogP contribution in [0.2, 0.25) is 5.02 Å². The normalized spacial score (nSPS) is 11.3. The predicted octanol–water partition coefficient (Wildman–Crippen LogP) is 4.10. The number of aromatic nitrogens is 2. The first kappa shape index (κ1) is 13.0. The van der Waals surface area contributed by atoms with Crippen molar-refractivity contribution in [1.82, 2.24) is 9.97 Å². The average Bonchev–Trinajstić information content (AvgIpc) is 2.84. The van der Waals surface area contributed by atoms with E-state index in [0.29, 0.717) is 10.8 Å². The molecule has 0 spiro atoms. The lowest BCUT2D eigenvalue weighted by Crippen LogP contribution is -1.95. The molecule has 0 atom stereocenters. The number of aryl methyl sites for hydroxylation is 1. The molecule has 3 aromatic rings. The predicted molar refractivity (Wildman–Crippen MR) is 84.8 cm³/mol. The Morgan fingerprint density at radius 2 is 2.15 bits per heavy atom. The maximum absolute atomic E-state index is 6.07. The van der Waals surface area contributed by atoms with Crippen molar-refractivity contribution in [3.63, 3.8) is 0 Å². The van der Waals surface area contributed by atoms with Crippen molar-refractivity contribution >= 4 is 45.2 Å². The molecule has 0 aliphatic rings. The van der Waals surface area contributed by atoms with Gasteiger partial charge in [0.15, 0.2) is 5.82 Å². The van der Waals surface area contributed by atoms with Crippen LogP contribution in [0, 0.1) is 6.92 Å². The van der Waals surface area contributed by atoms with Crippen LogP contribution in [0.25, 0.3) is 10.2 Å². The molecule has 0 aliphatic heterocycles. The van der Waals surface area contributed by atoms with Crippen LogP contribution in [0.5, 0.6) is 0 Å². The molecular formula is C14H11ClN4S. The smallest absolute Gasteiger partial charge is 0.158 e. The van der Waals surface area contributed by atoms with Gasteiger partial charge >= 0.3 is 0 Å². The maximum Gasteiger partial charge on any atom is 0.158 e. The number of rotatable bonds is 3. The van der Waals surface area contributed by atoms with Gasteiger partial charge in [-0.25, -0.2) is 9.97 Å². The van der Waals surface area contributed by atoms with E-state index in [2.05, 4.69) is 25.9 Å². The van der Waals surface area contributed by atoms with E-state index in [1.54, 1.807) is 17.6 Å². The van der Waals surface area contributed by atoms with Crippen LogP contribution in [0.4, 0.5) is 5.82 Å². The molecule has 20 heavy (non-hydrogen) atoms. The topological polar surface area (TPSA) is 50.2 Å². The first-order valence-electron chi connectivity index (χ1n) is 5.98. The molecule has 0 radical (unpaired) electrons. The number of hydrazone groups is 1. The van der Waals surface area contributed by atoms with Crippen molar-refractivity contribution < 1.29 is 0 Å². The second kappa shape index (κ2) is 5.56. The molecule has 1 N–H and O–H groups in total. The summed E-state index contributed by atoms with van der Waals surface area (Å²) in [6.45, 7) is 2.03. The minimum Gasteiger partial charge on any atom is -0.261 e. The Bertz CT molecular complexity index is 782. The van der Waals surface area contributed by atoms with Gasteiger partial charge in [-0.3, -0.25) is 5.43 Å². The van der Waals surface area contributed by atoms with E-state index in [4.69, 9.17) is 11.6 Å². The zero-order valence-electron chi connectivity index (χ0n) is 10.7. The van der Waals surface area contributed by atoms with Crippen molar-refractivity contribution in [2.45, 2.75) is 6.92 Å². The third-order valence-electron chi connectivity index (χ3n) is 2.83. The molecule has 2 heterocycles. The Hall–Kier alpha value is -1.98. The summed E-state index contributed by atoms with van der Waals surface area (Å²) in [6, 6.07) is 7.53. The van der Waals surface area contributed by atoms with Crippen LogP contribution in [-0.2, 0) is 0 Å². The highest BCUT2D eigenvalue weighted by Gasteiger charge is 2.07. The van der Waals surface area contributed by atoms with Gasteiger partial charge in [-0.1, -0.05) is 29.8 Å². The molecule has 0 aliphatic carbocycles. The van der Waals surface area contributed by atoms with Gasteiger partial charge in [0.05, 0.1) is 11.6 Å². The second-order valence-corrected chi connectivity index (χ2v) is 5.48. The lowest BCUT2D eigenvalue weighted by Gasteiger charge is -2.02. The van der Waals surface area contributed by atoms with Crippen molar-refractivity contribution in [1.29, 1.82) is 0 Å². The standard InChI is InChI=1S/C14H11ClN4S/c1-9-7-20-14-12(9)13(16-8-17-14)19-18-6-10-4-2-3-5-11(10)15/h2-8H,1H3,(H,16,17,19)/b18-6+. The summed E-state index contributed by atoms with van der Waals surface area (Å²) in [5, 5.41) is 7.93. The summed E-state index contributed by atoms with van der Waals surface area (Å²) in [4.78, 5) is 9.42. The molecule has 2 aromatic heterocycles. The zero-order valence-corrected chi connectivity index (χ0v) is 12.2. The summed E-state index contributed by atoms with van der Waals surface area (Å²) in [6.07, 6.45) is 3.21. The van der Waals surface area contributed by atoms with E-state index in [9.17, 15) is 0 Å². The Morgan fingerprint density at radius 1 is 1.30 bits per heavy atom. The molecule has 0 fully saturated rings. The number of benzene rings is 1. The van der Waals surface area contributed by atoms with Crippen molar-refractivity contribution in [3.05, 3.63) is 52.1 Å². The summed E-state index contributed by atoms with van der Waals surface area (Å²) >= 11 is 7.66. The zero-order chi connectivity index (χ0) is 13.9. The Morgan fingerprint density at radius 3 is 3.00 bits per heavy atom. The molecule has 0 unspecified atom stereocenters. The number of nitrogens with one attached hydrogen (secondary N) is 1. The third-order valence-corrected chi connectivity index (χ3v) is 4.18. The molecule has 4 nitrogen and oxygen atoms in total. The van der Waals surface area contributed by atoms with E-state index in [1.165, 1.54) is 6.33 Å². The molecule has 100 valence electrons. The van der Waals surface area contributed by atoms with Crippen molar-refractivity contribution in [3.8, 4) is 0 Å². The van der Waals surface area contributed by atoms with E-state index in [-0.39, 0.29) is 0 Å². The Kier molecular flexibility index (Phi) is 3.62. The fraction of sp³-hybridized carbons (Fsp3) is 0.0714. The third kappa shape index (κ3) is 2.50. The van der Waals surface area contributed by atoms with Gasteiger partial charge in [0.1, 0.15) is 11.2 Å². The summed E-state index contributed by atoms with van der Waals surface area (Å²) < 4.78 is 0.